The zero-order valence-corrected chi connectivity index (χ0v) is 19.3. The third-order valence-electron chi connectivity index (χ3n) is 4.70. The van der Waals surface area contributed by atoms with Gasteiger partial charge in [0.05, 0.1) is 18.1 Å². The number of carbonyl (C=O) groups is 1. The number of carbonyl (C=O) groups excluding carboxylic acids is 1. The maximum Gasteiger partial charge on any atom is 0.233 e. The third-order valence-corrected chi connectivity index (χ3v) is 5.78. The Hall–Kier alpha value is -2.54. The number of benzene rings is 1. The fraction of sp³-hybridized carbons (Fsp3) is 0.435. The molecule has 0 saturated heterocycles. The van der Waals surface area contributed by atoms with E-state index in [0.29, 0.717) is 11.7 Å². The molecule has 0 unspecified atom stereocenters. The number of nitrogens with one attached hydrogen (secondary N) is 1. The van der Waals surface area contributed by atoms with E-state index in [2.05, 4.69) is 60.6 Å². The minimum absolute atomic E-state index is 0.0152. The van der Waals surface area contributed by atoms with Crippen molar-refractivity contribution < 1.29 is 9.21 Å². The quantitative estimate of drug-likeness (QED) is 0.545. The van der Waals surface area contributed by atoms with E-state index in [-0.39, 0.29) is 22.6 Å². The predicted octanol–water partition coefficient (Wildman–Crippen LogP) is 4.89. The van der Waals surface area contributed by atoms with Crippen molar-refractivity contribution in [1.82, 2.24) is 20.1 Å². The number of hydrogen-bond donors (Lipinski definition) is 1. The van der Waals surface area contributed by atoms with Gasteiger partial charge in [0.1, 0.15) is 5.76 Å². The molecule has 6 nitrogen and oxygen atoms in total. The van der Waals surface area contributed by atoms with Crippen LogP contribution in [0.4, 0.5) is 0 Å². The molecule has 2 aromatic heterocycles. The van der Waals surface area contributed by atoms with E-state index in [1.807, 2.05) is 37.5 Å². The van der Waals surface area contributed by atoms with Crippen molar-refractivity contribution in [3.8, 4) is 11.4 Å². The van der Waals surface area contributed by atoms with Crippen LogP contribution >= 0.6 is 11.8 Å². The molecule has 30 heavy (non-hydrogen) atoms. The molecule has 3 rings (SSSR count). The second kappa shape index (κ2) is 9.08. The second-order valence-corrected chi connectivity index (χ2v) is 10.0. The Balaban J connectivity index is 1.92. The first-order chi connectivity index (χ1) is 14.1. The van der Waals surface area contributed by atoms with Gasteiger partial charge in [-0.25, -0.2) is 0 Å². The van der Waals surface area contributed by atoms with Crippen molar-refractivity contribution in [2.24, 2.45) is 0 Å². The van der Waals surface area contributed by atoms with Gasteiger partial charge < -0.3 is 9.73 Å². The summed E-state index contributed by atoms with van der Waals surface area (Å²) in [6.07, 6.45) is 1.66. The first kappa shape index (κ1) is 22.2. The standard InChI is InChI=1S/C23H30N4O2S/c1-15(2)24-21(28)16(3)30-22-26-25-20(27(22)14-19-8-7-13-29-19)17-9-11-18(12-10-17)23(4,5)6/h7-13,15-16H,14H2,1-6H3,(H,24,28)/t16-/m1/s1. The van der Waals surface area contributed by atoms with Gasteiger partial charge in [-0.3, -0.25) is 9.36 Å². The number of thioether (sulfide) groups is 1. The SMILES string of the molecule is CC(C)NC(=O)[C@@H](C)Sc1nnc(-c2ccc(C(C)(C)C)cc2)n1Cc1ccco1. The molecule has 3 aromatic rings. The van der Waals surface area contributed by atoms with E-state index in [1.165, 1.54) is 17.3 Å². The highest BCUT2D eigenvalue weighted by Crippen LogP contribution is 2.30. The van der Waals surface area contributed by atoms with Crippen LogP contribution in [0.2, 0.25) is 0 Å². The van der Waals surface area contributed by atoms with E-state index in [1.54, 1.807) is 6.26 Å². The molecular formula is C23H30N4O2S. The van der Waals surface area contributed by atoms with Gasteiger partial charge in [0.2, 0.25) is 5.91 Å². The van der Waals surface area contributed by atoms with Crippen molar-refractivity contribution in [2.75, 3.05) is 0 Å². The molecule has 1 atom stereocenters. The Kier molecular flexibility index (Phi) is 6.71. The summed E-state index contributed by atoms with van der Waals surface area (Å²) >= 11 is 1.40. The number of nitrogens with zero attached hydrogens (tertiary/aromatic N) is 3. The Labute approximate surface area is 182 Å². The van der Waals surface area contributed by atoms with Crippen LogP contribution in [0.3, 0.4) is 0 Å². The van der Waals surface area contributed by atoms with E-state index in [4.69, 9.17) is 4.42 Å². The van der Waals surface area contributed by atoms with Gasteiger partial charge in [-0.05, 0) is 43.9 Å². The van der Waals surface area contributed by atoms with E-state index in [0.717, 1.165) is 17.1 Å². The van der Waals surface area contributed by atoms with Gasteiger partial charge in [-0.1, -0.05) is 56.8 Å². The Bertz CT molecular complexity index is 970. The second-order valence-electron chi connectivity index (χ2n) is 8.72. The van der Waals surface area contributed by atoms with E-state index in [9.17, 15) is 4.79 Å². The first-order valence-electron chi connectivity index (χ1n) is 10.2. The summed E-state index contributed by atoms with van der Waals surface area (Å²) in [6, 6.07) is 12.3. The molecule has 160 valence electrons. The summed E-state index contributed by atoms with van der Waals surface area (Å²) in [5, 5.41) is 12.2. The van der Waals surface area contributed by atoms with Crippen molar-refractivity contribution in [3.05, 3.63) is 54.0 Å². The van der Waals surface area contributed by atoms with Crippen molar-refractivity contribution in [1.29, 1.82) is 0 Å². The number of furan rings is 1. The van der Waals surface area contributed by atoms with Crippen molar-refractivity contribution >= 4 is 17.7 Å². The molecule has 0 aliphatic carbocycles. The number of rotatable bonds is 7. The average molecular weight is 427 g/mol. The maximum atomic E-state index is 12.4. The molecule has 1 N–H and O–H groups in total. The lowest BCUT2D eigenvalue weighted by Gasteiger charge is -2.19. The Morgan fingerprint density at radius 1 is 1.13 bits per heavy atom. The van der Waals surface area contributed by atoms with Crippen LogP contribution in [-0.4, -0.2) is 32.0 Å². The van der Waals surface area contributed by atoms with E-state index >= 15 is 0 Å². The van der Waals surface area contributed by atoms with Gasteiger partial charge >= 0.3 is 0 Å². The first-order valence-corrected chi connectivity index (χ1v) is 11.1. The summed E-state index contributed by atoms with van der Waals surface area (Å²) in [4.78, 5) is 12.4. The zero-order chi connectivity index (χ0) is 21.9. The normalized spacial score (nSPS) is 12.9. The number of aromatic nitrogens is 3. The minimum Gasteiger partial charge on any atom is -0.467 e. The van der Waals surface area contributed by atoms with Crippen LogP contribution in [0.5, 0.6) is 0 Å². The average Bonchev–Trinajstić information content (AvgIpc) is 3.31. The minimum atomic E-state index is -0.289. The molecule has 0 radical (unpaired) electrons. The highest BCUT2D eigenvalue weighted by atomic mass is 32.2. The smallest absolute Gasteiger partial charge is 0.233 e. The zero-order valence-electron chi connectivity index (χ0n) is 18.5. The van der Waals surface area contributed by atoms with Gasteiger partial charge in [-0.15, -0.1) is 10.2 Å². The van der Waals surface area contributed by atoms with Crippen LogP contribution in [0.25, 0.3) is 11.4 Å². The molecule has 0 fully saturated rings. The van der Waals surface area contributed by atoms with Crippen molar-refractivity contribution in [2.45, 2.75) is 70.0 Å². The lowest BCUT2D eigenvalue weighted by Crippen LogP contribution is -2.36. The fourth-order valence-electron chi connectivity index (χ4n) is 3.02. The molecule has 7 heteroatoms. The van der Waals surface area contributed by atoms with Gasteiger partial charge in [-0.2, -0.15) is 0 Å². The van der Waals surface area contributed by atoms with E-state index < -0.39 is 0 Å². The molecular weight excluding hydrogens is 396 g/mol. The third kappa shape index (κ3) is 5.33. The fourth-order valence-corrected chi connectivity index (χ4v) is 3.88. The van der Waals surface area contributed by atoms with Crippen LogP contribution in [0, 0.1) is 0 Å². The molecule has 0 bridgehead atoms. The summed E-state index contributed by atoms with van der Waals surface area (Å²) in [7, 11) is 0. The molecule has 0 aliphatic heterocycles. The Morgan fingerprint density at radius 2 is 1.83 bits per heavy atom. The van der Waals surface area contributed by atoms with Crippen molar-refractivity contribution in [3.63, 3.8) is 0 Å². The molecule has 1 amide bonds. The molecule has 0 aliphatic rings. The molecule has 2 heterocycles. The number of hydrogen-bond acceptors (Lipinski definition) is 5. The van der Waals surface area contributed by atoms with Crippen LogP contribution in [-0.2, 0) is 16.8 Å². The highest BCUT2D eigenvalue weighted by Gasteiger charge is 2.22. The van der Waals surface area contributed by atoms with Gasteiger partial charge in [0.15, 0.2) is 11.0 Å². The number of amides is 1. The highest BCUT2D eigenvalue weighted by molar-refractivity contribution is 8.00. The summed E-state index contributed by atoms with van der Waals surface area (Å²) in [5.41, 5.74) is 2.32. The predicted molar refractivity (Wildman–Crippen MR) is 121 cm³/mol. The topological polar surface area (TPSA) is 73.0 Å². The Morgan fingerprint density at radius 3 is 2.40 bits per heavy atom. The maximum absolute atomic E-state index is 12.4. The summed E-state index contributed by atoms with van der Waals surface area (Å²) in [6.45, 7) is 12.9. The molecule has 1 aromatic carbocycles. The monoisotopic (exact) mass is 426 g/mol. The largest absolute Gasteiger partial charge is 0.467 e. The summed E-state index contributed by atoms with van der Waals surface area (Å²) in [5.74, 6) is 1.55. The summed E-state index contributed by atoms with van der Waals surface area (Å²) < 4.78 is 7.57. The molecule has 0 spiro atoms. The van der Waals surface area contributed by atoms with Crippen LogP contribution in [0.15, 0.2) is 52.2 Å². The van der Waals surface area contributed by atoms with Gasteiger partial charge in [0.25, 0.3) is 0 Å². The van der Waals surface area contributed by atoms with Crippen LogP contribution < -0.4 is 5.32 Å². The molecule has 0 saturated carbocycles. The van der Waals surface area contributed by atoms with Crippen LogP contribution in [0.1, 0.15) is 52.9 Å². The lowest BCUT2D eigenvalue weighted by atomic mass is 9.87. The van der Waals surface area contributed by atoms with Gasteiger partial charge in [0, 0.05) is 11.6 Å². The lowest BCUT2D eigenvalue weighted by molar-refractivity contribution is -0.120.